The summed E-state index contributed by atoms with van der Waals surface area (Å²) in [5.74, 6) is -0.426. The fourth-order valence-corrected chi connectivity index (χ4v) is 2.51. The zero-order valence-corrected chi connectivity index (χ0v) is 13.4. The second-order valence-corrected chi connectivity index (χ2v) is 5.50. The normalized spacial score (nSPS) is 10.3. The van der Waals surface area contributed by atoms with E-state index in [1.807, 2.05) is 30.3 Å². The Kier molecular flexibility index (Phi) is 5.98. The van der Waals surface area contributed by atoms with Crippen molar-refractivity contribution < 1.29 is 14.3 Å². The molecule has 0 spiro atoms. The minimum atomic E-state index is -0.392. The van der Waals surface area contributed by atoms with Crippen LogP contribution in [0.2, 0.25) is 0 Å². The number of aromatic nitrogens is 3. The largest absolute Gasteiger partial charge is 0.468 e. The number of nitrogens with zero attached hydrogens (tertiary/aromatic N) is 3. The molecule has 0 saturated carbocycles. The lowest BCUT2D eigenvalue weighted by Gasteiger charge is -2.09. The standard InChI is InChI=1S/C14H17N5O3S/c1-22-12(21)9-23-14-18-17-13(15)19(14)8-11(20)16-7-10-5-3-2-4-6-10/h2-6H,7-9H2,1H3,(H2,15,17)(H,16,20). The third kappa shape index (κ3) is 4.99. The first kappa shape index (κ1) is 16.8. The summed E-state index contributed by atoms with van der Waals surface area (Å²) in [7, 11) is 1.30. The highest BCUT2D eigenvalue weighted by Gasteiger charge is 2.15. The lowest BCUT2D eigenvalue weighted by molar-refractivity contribution is -0.137. The zero-order chi connectivity index (χ0) is 16.7. The van der Waals surface area contributed by atoms with Gasteiger partial charge in [0.15, 0.2) is 5.16 Å². The molecule has 0 aliphatic heterocycles. The Morgan fingerprint density at radius 1 is 1.30 bits per heavy atom. The highest BCUT2D eigenvalue weighted by atomic mass is 32.2. The van der Waals surface area contributed by atoms with Crippen molar-refractivity contribution in [3.05, 3.63) is 35.9 Å². The SMILES string of the molecule is COC(=O)CSc1nnc(N)n1CC(=O)NCc1ccccc1. The van der Waals surface area contributed by atoms with E-state index in [0.29, 0.717) is 11.7 Å². The van der Waals surface area contributed by atoms with Crippen LogP contribution < -0.4 is 11.1 Å². The first-order valence-corrected chi connectivity index (χ1v) is 7.77. The van der Waals surface area contributed by atoms with Crippen molar-refractivity contribution in [1.82, 2.24) is 20.1 Å². The molecule has 0 saturated heterocycles. The summed E-state index contributed by atoms with van der Waals surface area (Å²) in [5.41, 5.74) is 6.71. The molecule has 1 aromatic heterocycles. The molecule has 0 fully saturated rings. The van der Waals surface area contributed by atoms with Crippen molar-refractivity contribution in [3.8, 4) is 0 Å². The number of carbonyl (C=O) groups is 2. The number of nitrogens with two attached hydrogens (primary N) is 1. The number of carbonyl (C=O) groups excluding carboxylic acids is 2. The quantitative estimate of drug-likeness (QED) is 0.558. The Bertz CT molecular complexity index is 674. The molecule has 23 heavy (non-hydrogen) atoms. The minimum absolute atomic E-state index is 0.0187. The highest BCUT2D eigenvalue weighted by Crippen LogP contribution is 2.18. The third-order valence-electron chi connectivity index (χ3n) is 2.93. The summed E-state index contributed by atoms with van der Waals surface area (Å²) < 4.78 is 6.01. The van der Waals surface area contributed by atoms with E-state index in [2.05, 4.69) is 20.3 Å². The van der Waals surface area contributed by atoms with Gasteiger partial charge in [0.05, 0.1) is 12.9 Å². The molecular formula is C14H17N5O3S. The van der Waals surface area contributed by atoms with Crippen LogP contribution in [0.4, 0.5) is 5.95 Å². The predicted octanol–water partition coefficient (Wildman–Crippen LogP) is 0.442. The average Bonchev–Trinajstić information content (AvgIpc) is 2.92. The Morgan fingerprint density at radius 3 is 2.74 bits per heavy atom. The van der Waals surface area contributed by atoms with Gasteiger partial charge in [-0.3, -0.25) is 14.2 Å². The molecule has 0 atom stereocenters. The number of nitrogens with one attached hydrogen (secondary N) is 1. The first-order valence-electron chi connectivity index (χ1n) is 6.79. The Morgan fingerprint density at radius 2 is 2.04 bits per heavy atom. The monoisotopic (exact) mass is 335 g/mol. The van der Waals surface area contributed by atoms with Crippen LogP contribution >= 0.6 is 11.8 Å². The Balaban J connectivity index is 1.92. The number of hydrogen-bond donors (Lipinski definition) is 2. The van der Waals surface area contributed by atoms with Crippen LogP contribution in [0.5, 0.6) is 0 Å². The van der Waals surface area contributed by atoms with E-state index in [1.165, 1.54) is 11.7 Å². The maximum atomic E-state index is 12.0. The number of nitrogen functional groups attached to an aromatic ring is 1. The summed E-state index contributed by atoms with van der Waals surface area (Å²) >= 11 is 1.11. The lowest BCUT2D eigenvalue weighted by atomic mass is 10.2. The number of esters is 1. The zero-order valence-electron chi connectivity index (χ0n) is 12.6. The van der Waals surface area contributed by atoms with Crippen molar-refractivity contribution >= 4 is 29.6 Å². The van der Waals surface area contributed by atoms with Crippen molar-refractivity contribution in [3.63, 3.8) is 0 Å². The molecule has 2 aromatic rings. The number of rotatable bonds is 7. The molecule has 0 bridgehead atoms. The van der Waals surface area contributed by atoms with Gasteiger partial charge in [-0.25, -0.2) is 0 Å². The Hall–Kier alpha value is -2.55. The second-order valence-electron chi connectivity index (χ2n) is 4.55. The lowest BCUT2D eigenvalue weighted by Crippen LogP contribution is -2.28. The average molecular weight is 335 g/mol. The molecule has 1 heterocycles. The number of ether oxygens (including phenoxy) is 1. The van der Waals surface area contributed by atoms with E-state index < -0.39 is 5.97 Å². The number of thioether (sulfide) groups is 1. The van der Waals surface area contributed by atoms with Gasteiger partial charge in [0.1, 0.15) is 6.54 Å². The van der Waals surface area contributed by atoms with Gasteiger partial charge in [-0.05, 0) is 5.56 Å². The van der Waals surface area contributed by atoms with E-state index in [4.69, 9.17) is 5.73 Å². The van der Waals surface area contributed by atoms with E-state index in [0.717, 1.165) is 17.3 Å². The summed E-state index contributed by atoms with van der Waals surface area (Å²) in [6.45, 7) is 0.404. The molecule has 0 radical (unpaired) electrons. The van der Waals surface area contributed by atoms with E-state index in [-0.39, 0.29) is 24.2 Å². The molecular weight excluding hydrogens is 318 g/mol. The molecule has 2 rings (SSSR count). The molecule has 1 amide bonds. The van der Waals surface area contributed by atoms with Crippen LogP contribution in [-0.2, 0) is 27.4 Å². The van der Waals surface area contributed by atoms with Crippen LogP contribution in [0.25, 0.3) is 0 Å². The number of methoxy groups -OCH3 is 1. The first-order chi connectivity index (χ1) is 11.1. The van der Waals surface area contributed by atoms with Gasteiger partial charge < -0.3 is 15.8 Å². The summed E-state index contributed by atoms with van der Waals surface area (Å²) in [6.07, 6.45) is 0. The smallest absolute Gasteiger partial charge is 0.316 e. The minimum Gasteiger partial charge on any atom is -0.468 e. The molecule has 0 aliphatic carbocycles. The molecule has 0 aliphatic rings. The third-order valence-corrected chi connectivity index (χ3v) is 3.87. The van der Waals surface area contributed by atoms with Gasteiger partial charge >= 0.3 is 5.97 Å². The number of anilines is 1. The number of benzene rings is 1. The Labute approximate surface area is 137 Å². The molecule has 3 N–H and O–H groups in total. The molecule has 9 heteroatoms. The van der Waals surface area contributed by atoms with Gasteiger partial charge in [0.25, 0.3) is 0 Å². The van der Waals surface area contributed by atoms with Gasteiger partial charge in [-0.1, -0.05) is 42.1 Å². The number of amides is 1. The van der Waals surface area contributed by atoms with Gasteiger partial charge in [0, 0.05) is 6.54 Å². The van der Waals surface area contributed by atoms with Crippen LogP contribution in [0.3, 0.4) is 0 Å². The maximum Gasteiger partial charge on any atom is 0.316 e. The van der Waals surface area contributed by atoms with E-state index >= 15 is 0 Å². The van der Waals surface area contributed by atoms with Crippen molar-refractivity contribution in [2.75, 3.05) is 18.6 Å². The van der Waals surface area contributed by atoms with Crippen LogP contribution in [0.1, 0.15) is 5.56 Å². The van der Waals surface area contributed by atoms with Crippen LogP contribution in [-0.4, -0.2) is 39.5 Å². The molecule has 8 nitrogen and oxygen atoms in total. The molecule has 0 unspecified atom stereocenters. The maximum absolute atomic E-state index is 12.0. The van der Waals surface area contributed by atoms with E-state index in [9.17, 15) is 9.59 Å². The van der Waals surface area contributed by atoms with E-state index in [1.54, 1.807) is 0 Å². The van der Waals surface area contributed by atoms with Gasteiger partial charge in [0.2, 0.25) is 11.9 Å². The topological polar surface area (TPSA) is 112 Å². The number of hydrogen-bond acceptors (Lipinski definition) is 7. The predicted molar refractivity (Wildman–Crippen MR) is 85.5 cm³/mol. The van der Waals surface area contributed by atoms with Crippen LogP contribution in [0, 0.1) is 0 Å². The summed E-state index contributed by atoms with van der Waals surface area (Å²) in [4.78, 5) is 23.2. The molecule has 122 valence electrons. The van der Waals surface area contributed by atoms with Gasteiger partial charge in [-0.15, -0.1) is 10.2 Å². The van der Waals surface area contributed by atoms with Crippen molar-refractivity contribution in [1.29, 1.82) is 0 Å². The van der Waals surface area contributed by atoms with Crippen LogP contribution in [0.15, 0.2) is 35.5 Å². The molecule has 1 aromatic carbocycles. The fourth-order valence-electron chi connectivity index (χ4n) is 1.73. The summed E-state index contributed by atoms with van der Waals surface area (Å²) in [5, 5.41) is 10.8. The van der Waals surface area contributed by atoms with Crippen molar-refractivity contribution in [2.24, 2.45) is 0 Å². The second kappa shape index (κ2) is 8.18. The summed E-state index contributed by atoms with van der Waals surface area (Å²) in [6, 6.07) is 9.56. The fraction of sp³-hybridized carbons (Fsp3) is 0.286. The van der Waals surface area contributed by atoms with Gasteiger partial charge in [-0.2, -0.15) is 0 Å². The van der Waals surface area contributed by atoms with Crippen molar-refractivity contribution in [2.45, 2.75) is 18.2 Å². The highest BCUT2D eigenvalue weighted by molar-refractivity contribution is 7.99.